The summed E-state index contributed by atoms with van der Waals surface area (Å²) >= 11 is 0. The number of likely N-dealkylation sites (N-methyl/N-ethyl adjacent to an activating group) is 1. The van der Waals surface area contributed by atoms with E-state index in [4.69, 9.17) is 21.0 Å². The third-order valence-corrected chi connectivity index (χ3v) is 2.52. The summed E-state index contributed by atoms with van der Waals surface area (Å²) in [6.45, 7) is 5.58. The van der Waals surface area contributed by atoms with E-state index in [9.17, 15) is 9.59 Å². The second-order valence-electron chi connectivity index (χ2n) is 5.67. The van der Waals surface area contributed by atoms with Gasteiger partial charge in [-0.05, 0) is 33.6 Å². The van der Waals surface area contributed by atoms with E-state index in [2.05, 4.69) is 10.3 Å². The Kier molecular flexibility index (Phi) is 8.24. The number of alkyl carbamates (subject to hydrolysis) is 1. The largest absolute Gasteiger partial charge is 0.444 e. The Bertz CT molecular complexity index is 402. The fourth-order valence-electron chi connectivity index (χ4n) is 1.52. The summed E-state index contributed by atoms with van der Waals surface area (Å²) in [5, 5.41) is 3.58. The molecule has 0 aromatic heterocycles. The molecule has 0 aliphatic carbocycles. The molecule has 0 aromatic rings. The number of amides is 2. The number of rotatable bonds is 7. The summed E-state index contributed by atoms with van der Waals surface area (Å²) in [6.07, 6.45) is 0.196. The Balaban J connectivity index is 4.68. The Morgan fingerprint density at radius 3 is 2.36 bits per heavy atom. The van der Waals surface area contributed by atoms with Gasteiger partial charge in [-0.15, -0.1) is 0 Å². The predicted molar refractivity (Wildman–Crippen MR) is 82.8 cm³/mol. The molecule has 0 aliphatic heterocycles. The minimum atomic E-state index is -0.783. The molecule has 0 bridgehead atoms. The van der Waals surface area contributed by atoms with Crippen molar-refractivity contribution in [2.75, 3.05) is 20.7 Å². The number of carbonyl (C=O) groups is 2. The maximum absolute atomic E-state index is 12.1. The fourth-order valence-corrected chi connectivity index (χ4v) is 1.52. The topological polar surface area (TPSA) is 132 Å². The van der Waals surface area contributed by atoms with E-state index in [1.807, 2.05) is 0 Å². The van der Waals surface area contributed by atoms with Gasteiger partial charge in [-0.2, -0.15) is 0 Å². The van der Waals surface area contributed by atoms with Crippen molar-refractivity contribution < 1.29 is 19.2 Å². The van der Waals surface area contributed by atoms with Crippen LogP contribution in [0.4, 0.5) is 4.79 Å². The number of nitrogens with zero attached hydrogens (tertiary/aromatic N) is 2. The van der Waals surface area contributed by atoms with Gasteiger partial charge in [0.2, 0.25) is 0 Å². The van der Waals surface area contributed by atoms with Crippen molar-refractivity contribution in [2.24, 2.45) is 16.5 Å². The summed E-state index contributed by atoms with van der Waals surface area (Å²) in [6, 6.07) is -0.783. The van der Waals surface area contributed by atoms with E-state index >= 15 is 0 Å². The molecule has 0 rings (SSSR count). The van der Waals surface area contributed by atoms with Crippen LogP contribution < -0.4 is 16.8 Å². The van der Waals surface area contributed by atoms with E-state index in [0.29, 0.717) is 19.4 Å². The first-order chi connectivity index (χ1) is 10.1. The van der Waals surface area contributed by atoms with Crippen molar-refractivity contribution in [2.45, 2.75) is 45.3 Å². The highest BCUT2D eigenvalue weighted by molar-refractivity contribution is 5.84. The summed E-state index contributed by atoms with van der Waals surface area (Å²) < 4.78 is 5.15. The highest BCUT2D eigenvalue weighted by Crippen LogP contribution is 2.09. The van der Waals surface area contributed by atoms with E-state index in [1.165, 1.54) is 14.2 Å². The van der Waals surface area contributed by atoms with E-state index in [-0.39, 0.29) is 5.96 Å². The van der Waals surface area contributed by atoms with Gasteiger partial charge in [0.1, 0.15) is 11.6 Å². The zero-order valence-electron chi connectivity index (χ0n) is 13.9. The molecule has 0 unspecified atom stereocenters. The van der Waals surface area contributed by atoms with Crippen molar-refractivity contribution in [1.29, 1.82) is 0 Å². The number of guanidine groups is 1. The van der Waals surface area contributed by atoms with Gasteiger partial charge in [-0.3, -0.25) is 14.6 Å². The lowest BCUT2D eigenvalue weighted by molar-refractivity contribution is -0.171. The van der Waals surface area contributed by atoms with Crippen LogP contribution in [0.1, 0.15) is 33.6 Å². The Morgan fingerprint density at radius 2 is 1.91 bits per heavy atom. The summed E-state index contributed by atoms with van der Waals surface area (Å²) in [7, 11) is 2.82. The van der Waals surface area contributed by atoms with Crippen molar-refractivity contribution in [1.82, 2.24) is 10.4 Å². The summed E-state index contributed by atoms with van der Waals surface area (Å²) in [5.41, 5.74) is 9.81. The van der Waals surface area contributed by atoms with E-state index in [1.54, 1.807) is 20.8 Å². The molecule has 2 amide bonds. The van der Waals surface area contributed by atoms with Crippen molar-refractivity contribution in [3.05, 3.63) is 0 Å². The molecule has 1 atom stereocenters. The van der Waals surface area contributed by atoms with Crippen LogP contribution in [0.3, 0.4) is 0 Å². The molecule has 0 fully saturated rings. The van der Waals surface area contributed by atoms with Crippen LogP contribution in [-0.4, -0.2) is 55.4 Å². The molecule has 9 nitrogen and oxygen atoms in total. The molecule has 128 valence electrons. The molecule has 5 N–H and O–H groups in total. The number of hydroxylamine groups is 2. The van der Waals surface area contributed by atoms with Gasteiger partial charge in [0.05, 0.1) is 7.11 Å². The minimum Gasteiger partial charge on any atom is -0.444 e. The quantitative estimate of drug-likeness (QED) is 0.261. The second kappa shape index (κ2) is 9.08. The molecule has 0 spiro atoms. The van der Waals surface area contributed by atoms with Gasteiger partial charge >= 0.3 is 6.09 Å². The SMILES string of the molecule is CON(C)C(=O)[C@H](CCCN=C(N)N)NC(=O)OC(C)(C)C. The highest BCUT2D eigenvalue weighted by Gasteiger charge is 2.26. The number of hydrogen-bond donors (Lipinski definition) is 3. The van der Waals surface area contributed by atoms with Gasteiger partial charge in [0, 0.05) is 13.6 Å². The molecule has 0 saturated heterocycles. The minimum absolute atomic E-state index is 0.0167. The summed E-state index contributed by atoms with van der Waals surface area (Å²) in [4.78, 5) is 32.6. The zero-order valence-corrected chi connectivity index (χ0v) is 13.9. The predicted octanol–water partition coefficient (Wildman–Crippen LogP) is -0.0469. The maximum atomic E-state index is 12.1. The highest BCUT2D eigenvalue weighted by atomic mass is 16.7. The second-order valence-corrected chi connectivity index (χ2v) is 5.67. The third kappa shape index (κ3) is 9.01. The average molecular weight is 317 g/mol. The molecule has 0 radical (unpaired) electrons. The average Bonchev–Trinajstić information content (AvgIpc) is 2.38. The summed E-state index contributed by atoms with van der Waals surface area (Å²) in [5.74, 6) is -0.407. The molecular weight excluding hydrogens is 290 g/mol. The first kappa shape index (κ1) is 20.0. The first-order valence-electron chi connectivity index (χ1n) is 6.93. The standard InChI is InChI=1S/C13H27N5O4/c1-13(2,3)22-12(20)17-9(10(19)18(4)21-5)7-6-8-16-11(14)15/h9H,6-8H2,1-5H3,(H,17,20)(H4,14,15,16)/t9-/m0/s1. The Morgan fingerprint density at radius 1 is 1.32 bits per heavy atom. The van der Waals surface area contributed by atoms with Crippen LogP contribution in [0.25, 0.3) is 0 Å². The van der Waals surface area contributed by atoms with Crippen molar-refractivity contribution >= 4 is 18.0 Å². The number of hydrogen-bond acceptors (Lipinski definition) is 5. The van der Waals surface area contributed by atoms with Crippen LogP contribution in [0.2, 0.25) is 0 Å². The first-order valence-corrected chi connectivity index (χ1v) is 6.93. The normalized spacial score (nSPS) is 12.2. The zero-order chi connectivity index (χ0) is 17.3. The number of carbonyl (C=O) groups excluding carboxylic acids is 2. The molecule has 0 aromatic carbocycles. The van der Waals surface area contributed by atoms with Crippen LogP contribution >= 0.6 is 0 Å². The van der Waals surface area contributed by atoms with E-state index < -0.39 is 23.6 Å². The lowest BCUT2D eigenvalue weighted by atomic mass is 10.1. The van der Waals surface area contributed by atoms with Gasteiger partial charge in [-0.25, -0.2) is 9.86 Å². The number of ether oxygens (including phenoxy) is 1. The van der Waals surface area contributed by atoms with E-state index in [0.717, 1.165) is 5.06 Å². The van der Waals surface area contributed by atoms with Crippen LogP contribution in [0.15, 0.2) is 4.99 Å². The fraction of sp³-hybridized carbons (Fsp3) is 0.769. The van der Waals surface area contributed by atoms with Crippen molar-refractivity contribution in [3.63, 3.8) is 0 Å². The molecule has 0 aliphatic rings. The monoisotopic (exact) mass is 317 g/mol. The van der Waals surface area contributed by atoms with Gasteiger partial charge in [0.15, 0.2) is 5.96 Å². The maximum Gasteiger partial charge on any atom is 0.408 e. The third-order valence-electron chi connectivity index (χ3n) is 2.52. The lowest BCUT2D eigenvalue weighted by Crippen LogP contribution is -2.48. The molecule has 0 heterocycles. The van der Waals surface area contributed by atoms with Gasteiger partial charge < -0.3 is 21.5 Å². The number of nitrogens with two attached hydrogens (primary N) is 2. The van der Waals surface area contributed by atoms with Gasteiger partial charge in [0.25, 0.3) is 5.91 Å². The molecule has 9 heteroatoms. The Hall–Kier alpha value is -2.03. The van der Waals surface area contributed by atoms with Crippen LogP contribution in [0.5, 0.6) is 0 Å². The molecule has 22 heavy (non-hydrogen) atoms. The van der Waals surface area contributed by atoms with Crippen LogP contribution in [-0.2, 0) is 14.4 Å². The lowest BCUT2D eigenvalue weighted by Gasteiger charge is -2.25. The molecular formula is C13H27N5O4. The Labute approximate surface area is 131 Å². The smallest absolute Gasteiger partial charge is 0.408 e. The van der Waals surface area contributed by atoms with Crippen LogP contribution in [0, 0.1) is 0 Å². The van der Waals surface area contributed by atoms with Crippen molar-refractivity contribution in [3.8, 4) is 0 Å². The number of aliphatic imine (C=N–C) groups is 1. The number of nitrogens with one attached hydrogen (secondary N) is 1. The molecule has 0 saturated carbocycles. The van der Waals surface area contributed by atoms with Gasteiger partial charge in [-0.1, -0.05) is 0 Å².